The summed E-state index contributed by atoms with van der Waals surface area (Å²) < 4.78 is 0. The molecule has 1 fully saturated rings. The molecule has 1 aliphatic rings. The highest BCUT2D eigenvalue weighted by molar-refractivity contribution is 5.88. The molecule has 1 saturated carbocycles. The molecule has 0 spiro atoms. The zero-order valence-corrected chi connectivity index (χ0v) is 12.2. The number of primary amides is 1. The highest BCUT2D eigenvalue weighted by Crippen LogP contribution is 2.28. The van der Waals surface area contributed by atoms with Crippen molar-refractivity contribution in [3.63, 3.8) is 0 Å². The van der Waals surface area contributed by atoms with Gasteiger partial charge in [-0.1, -0.05) is 25.0 Å². The van der Waals surface area contributed by atoms with Crippen LogP contribution in [0, 0.1) is 0 Å². The largest absolute Gasteiger partial charge is 0.351 e. The zero-order valence-electron chi connectivity index (χ0n) is 12.2. The van der Waals surface area contributed by atoms with Crippen molar-refractivity contribution in [2.75, 3.05) is 5.32 Å². The van der Waals surface area contributed by atoms with E-state index in [-0.39, 0.29) is 11.9 Å². The van der Waals surface area contributed by atoms with Gasteiger partial charge in [-0.15, -0.1) is 0 Å². The minimum atomic E-state index is -0.721. The lowest BCUT2D eigenvalue weighted by molar-refractivity contribution is -0.126. The monoisotopic (exact) mass is 290 g/mol. The van der Waals surface area contributed by atoms with E-state index in [1.54, 1.807) is 12.1 Å². The molecule has 1 aromatic carbocycles. The van der Waals surface area contributed by atoms with Crippen molar-refractivity contribution >= 4 is 17.6 Å². The van der Waals surface area contributed by atoms with Gasteiger partial charge in [0.2, 0.25) is 5.91 Å². The minimum absolute atomic E-state index is 0.0909. The van der Waals surface area contributed by atoms with E-state index in [1.807, 2.05) is 19.1 Å². The average Bonchev–Trinajstić information content (AvgIpc) is 2.87. The summed E-state index contributed by atoms with van der Waals surface area (Å²) in [7, 11) is 0. The van der Waals surface area contributed by atoms with Gasteiger partial charge in [0.05, 0.1) is 11.6 Å². The summed E-state index contributed by atoms with van der Waals surface area (Å²) in [5.41, 5.74) is 12.0. The first-order valence-corrected chi connectivity index (χ1v) is 7.17. The fourth-order valence-corrected chi connectivity index (χ4v) is 2.65. The minimum Gasteiger partial charge on any atom is -0.351 e. The molecule has 0 bridgehead atoms. The van der Waals surface area contributed by atoms with Crippen LogP contribution in [0.5, 0.6) is 0 Å². The molecule has 1 aromatic rings. The van der Waals surface area contributed by atoms with E-state index < -0.39 is 11.6 Å². The van der Waals surface area contributed by atoms with Crippen LogP contribution >= 0.6 is 0 Å². The van der Waals surface area contributed by atoms with E-state index in [0.29, 0.717) is 5.69 Å². The van der Waals surface area contributed by atoms with Crippen LogP contribution < -0.4 is 22.1 Å². The Labute approximate surface area is 124 Å². The number of nitrogens with two attached hydrogens (primary N) is 2. The molecule has 0 saturated heterocycles. The number of hydrogen-bond acceptors (Lipinski definition) is 3. The molecule has 114 valence electrons. The van der Waals surface area contributed by atoms with Crippen LogP contribution in [0.2, 0.25) is 0 Å². The van der Waals surface area contributed by atoms with Gasteiger partial charge < -0.3 is 22.1 Å². The van der Waals surface area contributed by atoms with Gasteiger partial charge in [-0.2, -0.15) is 0 Å². The number of carbonyl (C=O) groups excluding carboxylic acids is 2. The van der Waals surface area contributed by atoms with Gasteiger partial charge in [0.15, 0.2) is 0 Å². The van der Waals surface area contributed by atoms with E-state index >= 15 is 0 Å². The Hall–Kier alpha value is -2.08. The Morgan fingerprint density at radius 1 is 1.19 bits per heavy atom. The van der Waals surface area contributed by atoms with Gasteiger partial charge in [0.1, 0.15) is 0 Å². The van der Waals surface area contributed by atoms with E-state index in [1.165, 1.54) is 0 Å². The molecule has 2 rings (SSSR count). The second-order valence-corrected chi connectivity index (χ2v) is 5.67. The molecule has 0 radical (unpaired) electrons. The molecule has 0 heterocycles. The number of urea groups is 1. The second kappa shape index (κ2) is 6.13. The van der Waals surface area contributed by atoms with Crippen LogP contribution in [0.15, 0.2) is 24.3 Å². The topological polar surface area (TPSA) is 110 Å². The lowest BCUT2D eigenvalue weighted by atomic mass is 9.97. The third kappa shape index (κ3) is 3.72. The number of carbonyl (C=O) groups is 2. The zero-order chi connectivity index (χ0) is 15.5. The van der Waals surface area contributed by atoms with E-state index in [9.17, 15) is 9.59 Å². The predicted octanol–water partition coefficient (Wildman–Crippen LogP) is 1.63. The average molecular weight is 290 g/mol. The molecule has 6 heteroatoms. The molecule has 3 amide bonds. The van der Waals surface area contributed by atoms with Gasteiger partial charge in [-0.05, 0) is 37.5 Å². The number of amides is 3. The van der Waals surface area contributed by atoms with E-state index in [2.05, 4.69) is 10.6 Å². The first kappa shape index (κ1) is 15.3. The summed E-state index contributed by atoms with van der Waals surface area (Å²) in [4.78, 5) is 23.0. The Morgan fingerprint density at radius 3 is 2.29 bits per heavy atom. The fourth-order valence-electron chi connectivity index (χ4n) is 2.65. The molecular weight excluding hydrogens is 268 g/mol. The van der Waals surface area contributed by atoms with Gasteiger partial charge in [-0.25, -0.2) is 4.79 Å². The van der Waals surface area contributed by atoms with Gasteiger partial charge in [0.25, 0.3) is 0 Å². The van der Waals surface area contributed by atoms with Crippen LogP contribution in [-0.2, 0) is 4.79 Å². The molecule has 0 aliphatic heterocycles. The van der Waals surface area contributed by atoms with Crippen molar-refractivity contribution in [3.8, 4) is 0 Å². The number of nitrogens with one attached hydrogen (secondary N) is 2. The standard InChI is InChI=1S/C15H22N4O2/c1-10(18-13(20)15(17)8-2-3-9-15)11-4-6-12(7-5-11)19-14(16)21/h4-7,10H,2-3,8-9,17H2,1H3,(H,18,20)(H3,16,19,21). The van der Waals surface area contributed by atoms with Crippen LogP contribution in [0.3, 0.4) is 0 Å². The van der Waals surface area contributed by atoms with Gasteiger partial charge in [-0.3, -0.25) is 4.79 Å². The summed E-state index contributed by atoms with van der Waals surface area (Å²) in [5, 5.41) is 5.46. The Bertz CT molecular complexity index is 521. The predicted molar refractivity (Wildman–Crippen MR) is 81.6 cm³/mol. The smallest absolute Gasteiger partial charge is 0.316 e. The number of hydrogen-bond donors (Lipinski definition) is 4. The molecule has 0 aromatic heterocycles. The molecule has 1 aliphatic carbocycles. The molecule has 6 N–H and O–H groups in total. The van der Waals surface area contributed by atoms with E-state index in [4.69, 9.17) is 11.5 Å². The molecule has 1 atom stereocenters. The summed E-state index contributed by atoms with van der Waals surface area (Å²) >= 11 is 0. The summed E-state index contributed by atoms with van der Waals surface area (Å²) in [6.07, 6.45) is 3.50. The van der Waals surface area contributed by atoms with Gasteiger partial charge in [0, 0.05) is 5.69 Å². The van der Waals surface area contributed by atoms with Crippen LogP contribution in [0.4, 0.5) is 10.5 Å². The van der Waals surface area contributed by atoms with Crippen LogP contribution in [-0.4, -0.2) is 17.5 Å². The summed E-state index contributed by atoms with van der Waals surface area (Å²) in [6.45, 7) is 1.91. The van der Waals surface area contributed by atoms with Crippen molar-refractivity contribution < 1.29 is 9.59 Å². The first-order chi connectivity index (χ1) is 9.90. The maximum absolute atomic E-state index is 12.3. The number of rotatable bonds is 4. The SMILES string of the molecule is CC(NC(=O)C1(N)CCCC1)c1ccc(NC(N)=O)cc1. The maximum atomic E-state index is 12.3. The third-order valence-corrected chi connectivity index (χ3v) is 3.97. The van der Waals surface area contributed by atoms with Crippen LogP contribution in [0.25, 0.3) is 0 Å². The summed E-state index contributed by atoms with van der Waals surface area (Å²) in [6, 6.07) is 6.44. The first-order valence-electron chi connectivity index (χ1n) is 7.17. The van der Waals surface area contributed by atoms with Gasteiger partial charge >= 0.3 is 6.03 Å². The lowest BCUT2D eigenvalue weighted by Crippen LogP contribution is -2.52. The van der Waals surface area contributed by atoms with E-state index in [0.717, 1.165) is 31.2 Å². The lowest BCUT2D eigenvalue weighted by Gasteiger charge is -2.25. The third-order valence-electron chi connectivity index (χ3n) is 3.97. The Morgan fingerprint density at radius 2 is 1.76 bits per heavy atom. The Balaban J connectivity index is 1.98. The quantitative estimate of drug-likeness (QED) is 0.676. The highest BCUT2D eigenvalue weighted by Gasteiger charge is 2.37. The van der Waals surface area contributed by atoms with Crippen molar-refractivity contribution in [2.24, 2.45) is 11.5 Å². The molecular formula is C15H22N4O2. The van der Waals surface area contributed by atoms with Crippen molar-refractivity contribution in [1.82, 2.24) is 5.32 Å². The highest BCUT2D eigenvalue weighted by atomic mass is 16.2. The molecule has 6 nitrogen and oxygen atoms in total. The number of anilines is 1. The number of benzene rings is 1. The second-order valence-electron chi connectivity index (χ2n) is 5.67. The van der Waals surface area contributed by atoms with Crippen LogP contribution in [0.1, 0.15) is 44.2 Å². The maximum Gasteiger partial charge on any atom is 0.316 e. The normalized spacial score (nSPS) is 18.0. The van der Waals surface area contributed by atoms with Crippen molar-refractivity contribution in [3.05, 3.63) is 29.8 Å². The molecule has 21 heavy (non-hydrogen) atoms. The van der Waals surface area contributed by atoms with Crippen molar-refractivity contribution in [1.29, 1.82) is 0 Å². The summed E-state index contributed by atoms with van der Waals surface area (Å²) in [5.74, 6) is -0.0909. The molecule has 1 unspecified atom stereocenters. The van der Waals surface area contributed by atoms with Crippen molar-refractivity contribution in [2.45, 2.75) is 44.2 Å². The fraction of sp³-hybridized carbons (Fsp3) is 0.467. The Kier molecular flexibility index (Phi) is 4.47.